The molecule has 1 unspecified atom stereocenters. The molecule has 0 fully saturated rings. The molecule has 0 saturated carbocycles. The predicted molar refractivity (Wildman–Crippen MR) is 113 cm³/mol. The van der Waals surface area contributed by atoms with Crippen LogP contribution in [0.4, 0.5) is 0 Å². The summed E-state index contributed by atoms with van der Waals surface area (Å²) in [5.74, 6) is 2.02. The zero-order valence-corrected chi connectivity index (χ0v) is 17.2. The molecular formula is C19H26IN3O2. The van der Waals surface area contributed by atoms with Gasteiger partial charge in [-0.15, -0.1) is 24.0 Å². The van der Waals surface area contributed by atoms with E-state index in [0.717, 1.165) is 22.6 Å². The van der Waals surface area contributed by atoms with E-state index in [1.165, 1.54) is 0 Å². The number of aryl methyl sites for hydroxylation is 1. The number of para-hydroxylation sites is 2. The third-order valence-electron chi connectivity index (χ3n) is 3.52. The van der Waals surface area contributed by atoms with Crippen LogP contribution >= 0.6 is 24.0 Å². The number of aliphatic imine (C=N–C) groups is 1. The molecule has 0 aliphatic heterocycles. The second-order valence-corrected chi connectivity index (χ2v) is 5.68. The predicted octanol–water partition coefficient (Wildman–Crippen LogP) is 3.84. The molecular weight excluding hydrogens is 429 g/mol. The van der Waals surface area contributed by atoms with Gasteiger partial charge in [0.15, 0.2) is 5.96 Å². The fourth-order valence-electron chi connectivity index (χ4n) is 2.28. The van der Waals surface area contributed by atoms with E-state index in [0.29, 0.717) is 19.1 Å². The zero-order valence-electron chi connectivity index (χ0n) is 14.9. The molecule has 25 heavy (non-hydrogen) atoms. The second kappa shape index (κ2) is 10.9. The highest BCUT2D eigenvalue weighted by Gasteiger charge is 2.07. The number of guanidine groups is 1. The van der Waals surface area contributed by atoms with Crippen molar-refractivity contribution in [1.29, 1.82) is 0 Å². The lowest BCUT2D eigenvalue weighted by atomic mass is 10.2. The Kier molecular flexibility index (Phi) is 9.30. The number of nitrogens with two attached hydrogens (primary N) is 1. The summed E-state index contributed by atoms with van der Waals surface area (Å²) in [6, 6.07) is 15.9. The van der Waals surface area contributed by atoms with Gasteiger partial charge in [0.25, 0.3) is 0 Å². The molecule has 0 bridgehead atoms. The van der Waals surface area contributed by atoms with Gasteiger partial charge in [-0.05, 0) is 31.5 Å². The number of nitrogens with zero attached hydrogens (tertiary/aromatic N) is 1. The molecule has 0 amide bonds. The maximum Gasteiger partial charge on any atom is 0.189 e. The van der Waals surface area contributed by atoms with Crippen molar-refractivity contribution in [3.05, 3.63) is 59.7 Å². The summed E-state index contributed by atoms with van der Waals surface area (Å²) in [7, 11) is 1.66. The van der Waals surface area contributed by atoms with Crippen LogP contribution in [-0.2, 0) is 11.3 Å². The summed E-state index contributed by atoms with van der Waals surface area (Å²) in [5.41, 5.74) is 7.99. The molecule has 0 spiro atoms. The number of halogens is 1. The standard InChI is InChI=1S/C19H25N3O2.HI/c1-14-8-4-6-10-17(14)24-18-11-7-5-9-16(18)12-21-19(20)22-15(2)13-23-3;/h4-11,15H,12-13H2,1-3H3,(H3,20,21,22);1H. The van der Waals surface area contributed by atoms with Gasteiger partial charge in [-0.25, -0.2) is 4.99 Å². The average molecular weight is 455 g/mol. The van der Waals surface area contributed by atoms with Crippen molar-refractivity contribution in [1.82, 2.24) is 5.32 Å². The number of hydrogen-bond donors (Lipinski definition) is 2. The van der Waals surface area contributed by atoms with E-state index < -0.39 is 0 Å². The van der Waals surface area contributed by atoms with Crippen LogP contribution in [0.1, 0.15) is 18.1 Å². The summed E-state index contributed by atoms with van der Waals surface area (Å²) in [4.78, 5) is 4.39. The highest BCUT2D eigenvalue weighted by molar-refractivity contribution is 14.0. The van der Waals surface area contributed by atoms with Crippen molar-refractivity contribution in [3.8, 4) is 11.5 Å². The molecule has 0 aliphatic carbocycles. The van der Waals surface area contributed by atoms with Crippen molar-refractivity contribution in [2.24, 2.45) is 10.7 Å². The Morgan fingerprint density at radius 1 is 1.12 bits per heavy atom. The lowest BCUT2D eigenvalue weighted by Gasteiger charge is -2.14. The van der Waals surface area contributed by atoms with Gasteiger partial charge >= 0.3 is 0 Å². The van der Waals surface area contributed by atoms with Crippen molar-refractivity contribution in [3.63, 3.8) is 0 Å². The minimum atomic E-state index is 0. The Balaban J connectivity index is 0.00000312. The molecule has 136 valence electrons. The van der Waals surface area contributed by atoms with Gasteiger partial charge in [0.2, 0.25) is 0 Å². The number of benzene rings is 2. The molecule has 6 heteroatoms. The van der Waals surface area contributed by atoms with E-state index in [2.05, 4.69) is 10.3 Å². The molecule has 0 radical (unpaired) electrons. The van der Waals surface area contributed by atoms with Crippen LogP contribution in [0.15, 0.2) is 53.5 Å². The van der Waals surface area contributed by atoms with E-state index in [1.807, 2.05) is 62.4 Å². The number of hydrogen-bond acceptors (Lipinski definition) is 3. The Hall–Kier alpha value is -1.80. The van der Waals surface area contributed by atoms with Gasteiger partial charge in [-0.2, -0.15) is 0 Å². The van der Waals surface area contributed by atoms with Crippen molar-refractivity contribution in [2.75, 3.05) is 13.7 Å². The van der Waals surface area contributed by atoms with Crippen molar-refractivity contribution in [2.45, 2.75) is 26.4 Å². The summed E-state index contributed by atoms with van der Waals surface area (Å²) in [6.45, 7) is 5.03. The molecule has 0 saturated heterocycles. The van der Waals surface area contributed by atoms with Crippen LogP contribution in [0.2, 0.25) is 0 Å². The quantitative estimate of drug-likeness (QED) is 0.378. The number of nitrogens with one attached hydrogen (secondary N) is 1. The Labute approximate surface area is 166 Å². The molecule has 0 aromatic heterocycles. The number of ether oxygens (including phenoxy) is 2. The zero-order chi connectivity index (χ0) is 17.4. The normalized spacial score (nSPS) is 12.2. The Morgan fingerprint density at radius 2 is 1.76 bits per heavy atom. The number of methoxy groups -OCH3 is 1. The van der Waals surface area contributed by atoms with Crippen molar-refractivity contribution >= 4 is 29.9 Å². The largest absolute Gasteiger partial charge is 0.457 e. The van der Waals surface area contributed by atoms with Gasteiger partial charge < -0.3 is 20.5 Å². The third-order valence-corrected chi connectivity index (χ3v) is 3.52. The molecule has 0 heterocycles. The first-order valence-corrected chi connectivity index (χ1v) is 7.97. The lowest BCUT2D eigenvalue weighted by Crippen LogP contribution is -2.40. The van der Waals surface area contributed by atoms with E-state index in [4.69, 9.17) is 15.2 Å². The SMILES string of the molecule is COCC(C)NC(N)=NCc1ccccc1Oc1ccccc1C.I. The van der Waals surface area contributed by atoms with Gasteiger partial charge in [0, 0.05) is 18.7 Å². The molecule has 2 rings (SSSR count). The molecule has 3 N–H and O–H groups in total. The topological polar surface area (TPSA) is 68.9 Å². The van der Waals surface area contributed by atoms with E-state index >= 15 is 0 Å². The highest BCUT2D eigenvalue weighted by atomic mass is 127. The molecule has 1 atom stereocenters. The molecule has 0 aliphatic rings. The third kappa shape index (κ3) is 6.91. The fraction of sp³-hybridized carbons (Fsp3) is 0.316. The smallest absolute Gasteiger partial charge is 0.189 e. The van der Waals surface area contributed by atoms with E-state index in [-0.39, 0.29) is 30.0 Å². The number of rotatable bonds is 7. The first-order valence-electron chi connectivity index (χ1n) is 7.97. The maximum absolute atomic E-state index is 6.04. The summed E-state index contributed by atoms with van der Waals surface area (Å²) >= 11 is 0. The van der Waals surface area contributed by atoms with Crippen LogP contribution in [0.5, 0.6) is 11.5 Å². The van der Waals surface area contributed by atoms with E-state index in [1.54, 1.807) is 7.11 Å². The fourth-order valence-corrected chi connectivity index (χ4v) is 2.28. The average Bonchev–Trinajstić information content (AvgIpc) is 2.56. The first-order chi connectivity index (χ1) is 11.6. The second-order valence-electron chi connectivity index (χ2n) is 5.68. The van der Waals surface area contributed by atoms with Crippen LogP contribution in [0.3, 0.4) is 0 Å². The highest BCUT2D eigenvalue weighted by Crippen LogP contribution is 2.27. The van der Waals surface area contributed by atoms with Gasteiger partial charge in [-0.1, -0.05) is 36.4 Å². The van der Waals surface area contributed by atoms with Crippen LogP contribution < -0.4 is 15.8 Å². The van der Waals surface area contributed by atoms with Crippen LogP contribution in [0, 0.1) is 6.92 Å². The Bertz CT molecular complexity index is 692. The van der Waals surface area contributed by atoms with Gasteiger partial charge in [-0.3, -0.25) is 0 Å². The summed E-state index contributed by atoms with van der Waals surface area (Å²) < 4.78 is 11.1. The monoisotopic (exact) mass is 455 g/mol. The molecule has 5 nitrogen and oxygen atoms in total. The summed E-state index contributed by atoms with van der Waals surface area (Å²) in [5, 5.41) is 3.09. The van der Waals surface area contributed by atoms with Gasteiger partial charge in [0.1, 0.15) is 11.5 Å². The van der Waals surface area contributed by atoms with Gasteiger partial charge in [0.05, 0.1) is 13.2 Å². The lowest BCUT2D eigenvalue weighted by molar-refractivity contribution is 0.179. The molecule has 2 aromatic rings. The maximum atomic E-state index is 6.04. The first kappa shape index (κ1) is 21.2. The summed E-state index contributed by atoms with van der Waals surface area (Å²) in [6.07, 6.45) is 0. The Morgan fingerprint density at radius 3 is 2.44 bits per heavy atom. The minimum absolute atomic E-state index is 0. The van der Waals surface area contributed by atoms with Crippen LogP contribution in [-0.4, -0.2) is 25.7 Å². The van der Waals surface area contributed by atoms with Crippen molar-refractivity contribution < 1.29 is 9.47 Å². The minimum Gasteiger partial charge on any atom is -0.457 e. The van der Waals surface area contributed by atoms with Crippen LogP contribution in [0.25, 0.3) is 0 Å². The molecule has 2 aromatic carbocycles. The van der Waals surface area contributed by atoms with E-state index in [9.17, 15) is 0 Å².